The van der Waals surface area contributed by atoms with Crippen LogP contribution in [0.25, 0.3) is 0 Å². The topological polar surface area (TPSA) is 67.3 Å². The van der Waals surface area contributed by atoms with Crippen LogP contribution in [0.15, 0.2) is 12.3 Å². The highest BCUT2D eigenvalue weighted by molar-refractivity contribution is 5.68. The quantitative estimate of drug-likeness (QED) is 0.902. The second-order valence-corrected chi connectivity index (χ2v) is 6.32. The maximum absolute atomic E-state index is 12.7. The van der Waals surface area contributed by atoms with E-state index in [2.05, 4.69) is 15.3 Å². The zero-order chi connectivity index (χ0) is 17.3. The van der Waals surface area contributed by atoms with Gasteiger partial charge in [0.05, 0.1) is 6.04 Å². The lowest BCUT2D eigenvalue weighted by molar-refractivity contribution is -0.141. The molecule has 6 nitrogen and oxygen atoms in total. The van der Waals surface area contributed by atoms with Gasteiger partial charge in [0, 0.05) is 19.3 Å². The summed E-state index contributed by atoms with van der Waals surface area (Å²) in [7, 11) is 0. The Morgan fingerprint density at radius 2 is 2.09 bits per heavy atom. The Bertz CT molecular complexity index is 572. The number of nitrogens with one attached hydrogen (secondary N) is 1. The standard InChI is InChI=1S/C14H19F3N4O2/c1-13(2,3)23-12(22)19-9-5-7-21(8-9)11-18-6-4-10(20-11)14(15,16)17/h4,6,9H,5,7-8H2,1-3H3,(H,19,22)/t9-/m0/s1. The number of hydrogen-bond acceptors (Lipinski definition) is 5. The number of rotatable bonds is 2. The van der Waals surface area contributed by atoms with Gasteiger partial charge >= 0.3 is 12.3 Å². The van der Waals surface area contributed by atoms with Crippen molar-refractivity contribution in [1.29, 1.82) is 0 Å². The van der Waals surface area contributed by atoms with E-state index in [9.17, 15) is 18.0 Å². The Labute approximate surface area is 132 Å². The molecule has 1 aliphatic rings. The maximum Gasteiger partial charge on any atom is 0.433 e. The summed E-state index contributed by atoms with van der Waals surface area (Å²) in [5.74, 6) is 0.00770. The average molecular weight is 332 g/mol. The summed E-state index contributed by atoms with van der Waals surface area (Å²) in [6.07, 6.45) is -3.39. The van der Waals surface area contributed by atoms with E-state index in [1.54, 1.807) is 25.7 Å². The van der Waals surface area contributed by atoms with Crippen LogP contribution in [0.4, 0.5) is 23.9 Å². The van der Waals surface area contributed by atoms with Crippen molar-refractivity contribution in [3.8, 4) is 0 Å². The summed E-state index contributed by atoms with van der Waals surface area (Å²) < 4.78 is 43.2. The maximum atomic E-state index is 12.7. The van der Waals surface area contributed by atoms with Crippen molar-refractivity contribution in [1.82, 2.24) is 15.3 Å². The molecule has 0 aliphatic carbocycles. The van der Waals surface area contributed by atoms with E-state index < -0.39 is 23.6 Å². The summed E-state index contributed by atoms with van der Waals surface area (Å²) in [5, 5.41) is 2.70. The highest BCUT2D eigenvalue weighted by atomic mass is 19.4. The Kier molecular flexibility index (Phi) is 4.67. The number of aromatic nitrogens is 2. The van der Waals surface area contributed by atoms with Gasteiger partial charge in [-0.25, -0.2) is 14.8 Å². The van der Waals surface area contributed by atoms with Crippen LogP contribution >= 0.6 is 0 Å². The van der Waals surface area contributed by atoms with E-state index >= 15 is 0 Å². The van der Waals surface area contributed by atoms with E-state index in [1.165, 1.54) is 0 Å². The number of halogens is 3. The summed E-state index contributed by atoms with van der Waals surface area (Å²) >= 11 is 0. The van der Waals surface area contributed by atoms with Crippen molar-refractivity contribution >= 4 is 12.0 Å². The highest BCUT2D eigenvalue weighted by Gasteiger charge is 2.34. The first-order chi connectivity index (χ1) is 10.5. The predicted octanol–water partition coefficient (Wildman–Crippen LogP) is 2.60. The fraction of sp³-hybridized carbons (Fsp3) is 0.643. The van der Waals surface area contributed by atoms with Gasteiger partial charge in [0.1, 0.15) is 11.3 Å². The molecule has 1 aromatic heterocycles. The van der Waals surface area contributed by atoms with Crippen LogP contribution in [-0.2, 0) is 10.9 Å². The predicted molar refractivity (Wildman–Crippen MR) is 77.0 cm³/mol. The molecule has 2 heterocycles. The molecule has 0 bridgehead atoms. The first-order valence-corrected chi connectivity index (χ1v) is 7.19. The van der Waals surface area contributed by atoms with Crippen LogP contribution in [0.3, 0.4) is 0 Å². The summed E-state index contributed by atoms with van der Waals surface area (Å²) in [5.41, 5.74) is -1.59. The molecule has 23 heavy (non-hydrogen) atoms. The molecule has 2 rings (SSSR count). The molecule has 9 heteroatoms. The van der Waals surface area contributed by atoms with Gasteiger partial charge in [0.2, 0.25) is 5.95 Å². The molecule has 1 saturated heterocycles. The van der Waals surface area contributed by atoms with Crippen LogP contribution in [0.1, 0.15) is 32.9 Å². The number of amides is 1. The van der Waals surface area contributed by atoms with Gasteiger partial charge in [-0.2, -0.15) is 13.2 Å². The number of carbonyl (C=O) groups excluding carboxylic acids is 1. The molecular formula is C14H19F3N4O2. The first-order valence-electron chi connectivity index (χ1n) is 7.19. The number of alkyl halides is 3. The summed E-state index contributed by atoms with van der Waals surface area (Å²) in [4.78, 5) is 20.7. The zero-order valence-corrected chi connectivity index (χ0v) is 13.1. The second-order valence-electron chi connectivity index (χ2n) is 6.32. The van der Waals surface area contributed by atoms with Gasteiger partial charge in [-0.1, -0.05) is 0 Å². The fourth-order valence-electron chi connectivity index (χ4n) is 2.19. The molecule has 1 aliphatic heterocycles. The molecule has 0 spiro atoms. The van der Waals surface area contributed by atoms with E-state index in [1.807, 2.05) is 0 Å². The Balaban J connectivity index is 1.97. The molecule has 0 aromatic carbocycles. The number of nitrogens with zero attached hydrogens (tertiary/aromatic N) is 3. The molecular weight excluding hydrogens is 313 g/mol. The molecule has 1 N–H and O–H groups in total. The molecule has 1 aromatic rings. The van der Waals surface area contributed by atoms with Gasteiger partial charge in [-0.05, 0) is 33.3 Å². The minimum Gasteiger partial charge on any atom is -0.444 e. The molecule has 0 saturated carbocycles. The van der Waals surface area contributed by atoms with Crippen LogP contribution in [0.2, 0.25) is 0 Å². The third-order valence-electron chi connectivity index (χ3n) is 3.13. The average Bonchev–Trinajstić information content (AvgIpc) is 2.84. The molecule has 1 amide bonds. The van der Waals surface area contributed by atoms with Gasteiger partial charge in [-0.15, -0.1) is 0 Å². The summed E-state index contributed by atoms with van der Waals surface area (Å²) in [6, 6.07) is 0.610. The van der Waals surface area contributed by atoms with Gasteiger partial charge in [0.15, 0.2) is 0 Å². The van der Waals surface area contributed by atoms with Crippen molar-refractivity contribution in [2.24, 2.45) is 0 Å². The van der Waals surface area contributed by atoms with Gasteiger partial charge in [-0.3, -0.25) is 0 Å². The second kappa shape index (κ2) is 6.21. The van der Waals surface area contributed by atoms with Crippen LogP contribution in [0.5, 0.6) is 0 Å². The number of alkyl carbamates (subject to hydrolysis) is 1. The number of carbonyl (C=O) groups is 1. The van der Waals surface area contributed by atoms with Crippen LogP contribution in [-0.4, -0.2) is 40.8 Å². The molecule has 0 unspecified atom stereocenters. The van der Waals surface area contributed by atoms with E-state index in [-0.39, 0.29) is 12.0 Å². The van der Waals surface area contributed by atoms with Crippen LogP contribution < -0.4 is 10.2 Å². The molecule has 128 valence electrons. The van der Waals surface area contributed by atoms with Crippen LogP contribution in [0, 0.1) is 0 Å². The van der Waals surface area contributed by atoms with Crippen molar-refractivity contribution < 1.29 is 22.7 Å². The molecule has 0 radical (unpaired) electrons. The largest absolute Gasteiger partial charge is 0.444 e. The van der Waals surface area contributed by atoms with Gasteiger partial charge in [0.25, 0.3) is 0 Å². The van der Waals surface area contributed by atoms with Crippen molar-refractivity contribution in [2.75, 3.05) is 18.0 Å². The number of hydrogen-bond donors (Lipinski definition) is 1. The minimum atomic E-state index is -4.51. The highest BCUT2D eigenvalue weighted by Crippen LogP contribution is 2.28. The smallest absolute Gasteiger partial charge is 0.433 e. The third-order valence-corrected chi connectivity index (χ3v) is 3.13. The lowest BCUT2D eigenvalue weighted by Gasteiger charge is -2.22. The zero-order valence-electron chi connectivity index (χ0n) is 13.1. The van der Waals surface area contributed by atoms with E-state index in [0.717, 1.165) is 12.3 Å². The number of ether oxygens (including phenoxy) is 1. The van der Waals surface area contributed by atoms with Gasteiger partial charge < -0.3 is 15.0 Å². The Morgan fingerprint density at radius 1 is 1.39 bits per heavy atom. The molecule has 1 atom stereocenters. The normalized spacial score (nSPS) is 18.9. The number of anilines is 1. The van der Waals surface area contributed by atoms with Crippen molar-refractivity contribution in [2.45, 2.75) is 45.0 Å². The molecule has 1 fully saturated rings. The Hall–Kier alpha value is -2.06. The van der Waals surface area contributed by atoms with Crippen molar-refractivity contribution in [3.05, 3.63) is 18.0 Å². The monoisotopic (exact) mass is 332 g/mol. The summed E-state index contributed by atoms with van der Waals surface area (Å²) in [6.45, 7) is 6.06. The lowest BCUT2D eigenvalue weighted by atomic mass is 10.2. The fourth-order valence-corrected chi connectivity index (χ4v) is 2.19. The third kappa shape index (κ3) is 4.97. The van der Waals surface area contributed by atoms with E-state index in [0.29, 0.717) is 19.5 Å². The minimum absolute atomic E-state index is 0.00770. The van der Waals surface area contributed by atoms with E-state index in [4.69, 9.17) is 4.74 Å². The first kappa shape index (κ1) is 17.3. The lowest BCUT2D eigenvalue weighted by Crippen LogP contribution is -2.40. The van der Waals surface area contributed by atoms with Crippen molar-refractivity contribution in [3.63, 3.8) is 0 Å². The SMILES string of the molecule is CC(C)(C)OC(=O)N[C@H]1CCN(c2nccc(C(F)(F)F)n2)C1. The Morgan fingerprint density at radius 3 is 2.70 bits per heavy atom.